The van der Waals surface area contributed by atoms with Crippen molar-refractivity contribution in [2.24, 2.45) is 5.92 Å². The lowest BCUT2D eigenvalue weighted by Gasteiger charge is -2.31. The largest absolute Gasteiger partial charge is 0.294 e. The number of hydrogen-bond acceptors (Lipinski definition) is 3. The summed E-state index contributed by atoms with van der Waals surface area (Å²) in [5, 5.41) is 5.10. The summed E-state index contributed by atoms with van der Waals surface area (Å²) in [6.45, 7) is 8.30. The van der Waals surface area contributed by atoms with Gasteiger partial charge in [-0.05, 0) is 38.3 Å². The molecule has 2 N–H and O–H groups in total. The van der Waals surface area contributed by atoms with Gasteiger partial charge in [-0.2, -0.15) is 0 Å². The number of carbonyl (C=O) groups excluding carboxylic acids is 1. The SMILES string of the molecule is CC(C)CC1NC(C)(C)N(Nc2ccccc2)C1=O. The average Bonchev–Trinajstić information content (AvgIpc) is 2.53. The molecule has 1 aromatic carbocycles. The van der Waals surface area contributed by atoms with Crippen LogP contribution in [0, 0.1) is 5.92 Å². The number of para-hydroxylation sites is 1. The number of benzene rings is 1. The van der Waals surface area contributed by atoms with E-state index in [1.54, 1.807) is 5.01 Å². The summed E-state index contributed by atoms with van der Waals surface area (Å²) in [5.41, 5.74) is 3.75. The predicted molar refractivity (Wildman–Crippen MR) is 77.4 cm³/mol. The second kappa shape index (κ2) is 5.21. The van der Waals surface area contributed by atoms with Crippen molar-refractivity contribution in [1.82, 2.24) is 10.3 Å². The molecular formula is C15H23N3O. The van der Waals surface area contributed by atoms with Gasteiger partial charge in [0.25, 0.3) is 5.91 Å². The quantitative estimate of drug-likeness (QED) is 0.875. The highest BCUT2D eigenvalue weighted by molar-refractivity contribution is 5.86. The van der Waals surface area contributed by atoms with Gasteiger partial charge in [-0.1, -0.05) is 32.0 Å². The molecule has 1 amide bonds. The molecule has 1 aromatic rings. The molecule has 1 heterocycles. The van der Waals surface area contributed by atoms with Crippen molar-refractivity contribution in [3.8, 4) is 0 Å². The highest BCUT2D eigenvalue weighted by Gasteiger charge is 2.44. The minimum atomic E-state index is -0.382. The van der Waals surface area contributed by atoms with E-state index in [-0.39, 0.29) is 17.6 Å². The zero-order valence-corrected chi connectivity index (χ0v) is 12.1. The van der Waals surface area contributed by atoms with Gasteiger partial charge in [0.05, 0.1) is 11.7 Å². The van der Waals surface area contributed by atoms with Crippen LogP contribution in [0.25, 0.3) is 0 Å². The normalized spacial score (nSPS) is 22.1. The molecule has 0 bridgehead atoms. The molecular weight excluding hydrogens is 238 g/mol. The van der Waals surface area contributed by atoms with E-state index in [4.69, 9.17) is 0 Å². The number of carbonyl (C=O) groups is 1. The summed E-state index contributed by atoms with van der Waals surface area (Å²) in [6.07, 6.45) is 0.856. The Morgan fingerprint density at radius 3 is 2.53 bits per heavy atom. The Kier molecular flexibility index (Phi) is 3.80. The smallest absolute Gasteiger partial charge is 0.259 e. The maximum absolute atomic E-state index is 12.5. The lowest BCUT2D eigenvalue weighted by atomic mass is 10.0. The van der Waals surface area contributed by atoms with Gasteiger partial charge in [-0.25, -0.2) is 5.01 Å². The van der Waals surface area contributed by atoms with Crippen LogP contribution in [0.1, 0.15) is 34.1 Å². The third-order valence-electron chi connectivity index (χ3n) is 3.33. The molecule has 1 aliphatic heterocycles. The Hall–Kier alpha value is -1.55. The summed E-state index contributed by atoms with van der Waals surface area (Å²) in [6, 6.07) is 9.68. The Morgan fingerprint density at radius 2 is 1.95 bits per heavy atom. The fraction of sp³-hybridized carbons (Fsp3) is 0.533. The van der Waals surface area contributed by atoms with Crippen LogP contribution in [0.4, 0.5) is 5.69 Å². The van der Waals surface area contributed by atoms with Crippen LogP contribution in [0.5, 0.6) is 0 Å². The van der Waals surface area contributed by atoms with E-state index in [0.29, 0.717) is 5.92 Å². The number of hydrogen-bond donors (Lipinski definition) is 2. The molecule has 4 nitrogen and oxygen atoms in total. The molecule has 0 saturated carbocycles. The summed E-state index contributed by atoms with van der Waals surface area (Å²) in [4.78, 5) is 12.5. The van der Waals surface area contributed by atoms with Crippen molar-refractivity contribution in [2.75, 3.05) is 5.43 Å². The third-order valence-corrected chi connectivity index (χ3v) is 3.33. The minimum Gasteiger partial charge on any atom is -0.294 e. The first-order valence-corrected chi connectivity index (χ1v) is 6.83. The average molecular weight is 261 g/mol. The molecule has 4 heteroatoms. The van der Waals surface area contributed by atoms with E-state index in [1.807, 2.05) is 44.2 Å². The van der Waals surface area contributed by atoms with E-state index in [0.717, 1.165) is 12.1 Å². The van der Waals surface area contributed by atoms with Crippen molar-refractivity contribution >= 4 is 11.6 Å². The van der Waals surface area contributed by atoms with Crippen LogP contribution in [0.3, 0.4) is 0 Å². The van der Waals surface area contributed by atoms with E-state index in [2.05, 4.69) is 24.6 Å². The van der Waals surface area contributed by atoms with Crippen LogP contribution in [0.15, 0.2) is 30.3 Å². The molecule has 0 spiro atoms. The maximum atomic E-state index is 12.5. The first-order valence-electron chi connectivity index (χ1n) is 6.83. The third kappa shape index (κ3) is 3.07. The van der Waals surface area contributed by atoms with Crippen LogP contribution >= 0.6 is 0 Å². The summed E-state index contributed by atoms with van der Waals surface area (Å²) >= 11 is 0. The highest BCUT2D eigenvalue weighted by Crippen LogP contribution is 2.25. The van der Waals surface area contributed by atoms with E-state index in [9.17, 15) is 4.79 Å². The van der Waals surface area contributed by atoms with Crippen molar-refractivity contribution < 1.29 is 4.79 Å². The van der Waals surface area contributed by atoms with Crippen LogP contribution < -0.4 is 10.7 Å². The summed E-state index contributed by atoms with van der Waals surface area (Å²) in [7, 11) is 0. The number of anilines is 1. The maximum Gasteiger partial charge on any atom is 0.259 e. The molecule has 104 valence electrons. The lowest BCUT2D eigenvalue weighted by molar-refractivity contribution is -0.130. The fourth-order valence-electron chi connectivity index (χ4n) is 2.45. The molecule has 0 aromatic heterocycles. The van der Waals surface area contributed by atoms with Gasteiger partial charge < -0.3 is 0 Å². The second-order valence-corrected chi connectivity index (χ2v) is 6.04. The van der Waals surface area contributed by atoms with E-state index >= 15 is 0 Å². The summed E-state index contributed by atoms with van der Waals surface area (Å²) in [5.74, 6) is 0.608. The van der Waals surface area contributed by atoms with E-state index < -0.39 is 0 Å². The van der Waals surface area contributed by atoms with Gasteiger partial charge >= 0.3 is 0 Å². The number of amides is 1. The van der Waals surface area contributed by atoms with Gasteiger partial charge in [-0.3, -0.25) is 15.5 Å². The molecule has 1 unspecified atom stereocenters. The molecule has 0 radical (unpaired) electrons. The zero-order chi connectivity index (χ0) is 14.0. The Morgan fingerprint density at radius 1 is 1.32 bits per heavy atom. The number of nitrogens with one attached hydrogen (secondary N) is 2. The topological polar surface area (TPSA) is 44.4 Å². The number of nitrogens with zero attached hydrogens (tertiary/aromatic N) is 1. The highest BCUT2D eigenvalue weighted by atomic mass is 16.2. The molecule has 0 aliphatic carbocycles. The van der Waals surface area contributed by atoms with Gasteiger partial charge in [0.1, 0.15) is 5.66 Å². The molecule has 1 aliphatic rings. The Balaban J connectivity index is 2.13. The lowest BCUT2D eigenvalue weighted by Crippen LogP contribution is -2.50. The standard InChI is InChI=1S/C15H23N3O/c1-11(2)10-13-14(19)18(15(3,4)16-13)17-12-8-6-5-7-9-12/h5-9,11,13,16-17H,10H2,1-4H3. The van der Waals surface area contributed by atoms with Crippen molar-refractivity contribution in [3.63, 3.8) is 0 Å². The minimum absolute atomic E-state index is 0.105. The second-order valence-electron chi connectivity index (χ2n) is 6.04. The van der Waals surface area contributed by atoms with Crippen molar-refractivity contribution in [1.29, 1.82) is 0 Å². The molecule has 2 rings (SSSR count). The molecule has 1 atom stereocenters. The molecule has 1 fully saturated rings. The van der Waals surface area contributed by atoms with Gasteiger partial charge in [0, 0.05) is 0 Å². The van der Waals surface area contributed by atoms with Crippen LogP contribution in [-0.4, -0.2) is 22.6 Å². The first kappa shape index (κ1) is 13.9. The number of rotatable bonds is 4. The predicted octanol–water partition coefficient (Wildman–Crippen LogP) is 2.60. The molecule has 19 heavy (non-hydrogen) atoms. The summed E-state index contributed by atoms with van der Waals surface area (Å²) < 4.78 is 0. The number of hydrazine groups is 1. The molecule has 1 saturated heterocycles. The van der Waals surface area contributed by atoms with Gasteiger partial charge in [0.2, 0.25) is 0 Å². The van der Waals surface area contributed by atoms with Gasteiger partial charge in [0.15, 0.2) is 0 Å². The van der Waals surface area contributed by atoms with Crippen molar-refractivity contribution in [2.45, 2.75) is 45.8 Å². The monoisotopic (exact) mass is 261 g/mol. The Bertz CT molecular complexity index is 442. The first-order chi connectivity index (χ1) is 8.90. The van der Waals surface area contributed by atoms with Gasteiger partial charge in [-0.15, -0.1) is 0 Å². The van der Waals surface area contributed by atoms with E-state index in [1.165, 1.54) is 0 Å². The fourth-order valence-corrected chi connectivity index (χ4v) is 2.45. The van der Waals surface area contributed by atoms with Crippen molar-refractivity contribution in [3.05, 3.63) is 30.3 Å². The van der Waals surface area contributed by atoms with Crippen LogP contribution in [0.2, 0.25) is 0 Å². The Labute approximate surface area is 115 Å². The van der Waals surface area contributed by atoms with Crippen LogP contribution in [-0.2, 0) is 4.79 Å². The zero-order valence-electron chi connectivity index (χ0n) is 12.1.